The fourth-order valence-corrected chi connectivity index (χ4v) is 2.88. The summed E-state index contributed by atoms with van der Waals surface area (Å²) in [4.78, 5) is 34.8. The van der Waals surface area contributed by atoms with Gasteiger partial charge < -0.3 is 23.7 Å². The van der Waals surface area contributed by atoms with Crippen LogP contribution in [-0.4, -0.2) is 48.6 Å². The lowest BCUT2D eigenvalue weighted by atomic mass is 9.97. The molecule has 0 N–H and O–H groups in total. The summed E-state index contributed by atoms with van der Waals surface area (Å²) in [5.74, 6) is -1.82. The molecule has 1 aromatic carbocycles. The first-order valence-electron chi connectivity index (χ1n) is 8.77. The highest BCUT2D eigenvalue weighted by molar-refractivity contribution is 5.68. The Hall–Kier alpha value is -2.71. The highest BCUT2D eigenvalue weighted by Gasteiger charge is 2.51. The molecule has 152 valence electrons. The molecule has 8 nitrogen and oxygen atoms in total. The summed E-state index contributed by atoms with van der Waals surface area (Å²) >= 11 is 0. The van der Waals surface area contributed by atoms with E-state index in [0.29, 0.717) is 0 Å². The third kappa shape index (κ3) is 5.90. The largest absolute Gasteiger partial charge is 0.456 e. The number of benzene rings is 1. The second-order valence-corrected chi connectivity index (χ2v) is 6.22. The zero-order valence-electron chi connectivity index (χ0n) is 16.0. The Morgan fingerprint density at radius 1 is 0.929 bits per heavy atom. The number of carbonyl (C=O) groups excluding carboxylic acids is 3. The molecule has 0 bridgehead atoms. The summed E-state index contributed by atoms with van der Waals surface area (Å²) in [5, 5.41) is 0. The summed E-state index contributed by atoms with van der Waals surface area (Å²) in [6.07, 6.45) is -3.69. The summed E-state index contributed by atoms with van der Waals surface area (Å²) in [5.41, 5.74) is 0.858. The zero-order valence-corrected chi connectivity index (χ0v) is 16.0. The van der Waals surface area contributed by atoms with Crippen molar-refractivity contribution in [2.24, 2.45) is 0 Å². The normalized spacial score (nSPS) is 26.8. The smallest absolute Gasteiger partial charge is 0.305 e. The molecule has 1 aromatic rings. The lowest BCUT2D eigenvalue weighted by Gasteiger charge is -2.43. The molecule has 0 radical (unpaired) electrons. The van der Waals surface area contributed by atoms with Crippen molar-refractivity contribution in [2.45, 2.75) is 58.1 Å². The Kier molecular flexibility index (Phi) is 7.71. The molecular weight excluding hydrogens is 368 g/mol. The van der Waals surface area contributed by atoms with Crippen LogP contribution in [0.3, 0.4) is 0 Å². The van der Waals surface area contributed by atoms with E-state index < -0.39 is 48.6 Å². The van der Waals surface area contributed by atoms with Gasteiger partial charge in [0.15, 0.2) is 12.2 Å². The number of rotatable bonds is 7. The number of carbonyl (C=O) groups is 3. The first-order chi connectivity index (χ1) is 13.3. The minimum Gasteiger partial charge on any atom is -0.456 e. The van der Waals surface area contributed by atoms with Crippen LogP contribution in [0.2, 0.25) is 0 Å². The van der Waals surface area contributed by atoms with Crippen LogP contribution >= 0.6 is 0 Å². The monoisotopic (exact) mass is 392 g/mol. The first-order valence-corrected chi connectivity index (χ1v) is 8.77. The third-order valence-electron chi connectivity index (χ3n) is 3.93. The molecule has 28 heavy (non-hydrogen) atoms. The summed E-state index contributed by atoms with van der Waals surface area (Å²) < 4.78 is 27.5. The number of esters is 3. The molecule has 1 aliphatic heterocycles. The second kappa shape index (κ2) is 10.0. The molecular formula is C20H24O8. The molecule has 5 atom stereocenters. The van der Waals surface area contributed by atoms with Crippen molar-refractivity contribution < 1.29 is 38.1 Å². The second-order valence-electron chi connectivity index (χ2n) is 6.22. The Morgan fingerprint density at radius 2 is 1.50 bits per heavy atom. The Bertz CT molecular complexity index is 701. The summed E-state index contributed by atoms with van der Waals surface area (Å²) in [6.45, 7) is 7.48. The van der Waals surface area contributed by atoms with Gasteiger partial charge in [-0.1, -0.05) is 36.4 Å². The van der Waals surface area contributed by atoms with Gasteiger partial charge in [0.25, 0.3) is 0 Å². The van der Waals surface area contributed by atoms with Crippen molar-refractivity contribution >= 4 is 17.9 Å². The molecule has 0 amide bonds. The first kappa shape index (κ1) is 21.6. The van der Waals surface area contributed by atoms with Crippen LogP contribution in [0, 0.1) is 0 Å². The van der Waals surface area contributed by atoms with Crippen LogP contribution in [0.15, 0.2) is 43.0 Å². The quantitative estimate of drug-likeness (QED) is 0.394. The molecule has 0 aromatic heterocycles. The average Bonchev–Trinajstić information content (AvgIpc) is 2.62. The SMILES string of the molecule is C=CC1OC(OC(C)=O)C(OC(C)=O)[C@H](OCc2ccccc2)[C@H]1OC(C)=O. The lowest BCUT2D eigenvalue weighted by molar-refractivity contribution is -0.293. The van der Waals surface area contributed by atoms with E-state index in [1.807, 2.05) is 30.3 Å². The molecule has 0 aliphatic carbocycles. The van der Waals surface area contributed by atoms with Crippen LogP contribution in [-0.2, 0) is 44.7 Å². The van der Waals surface area contributed by atoms with Gasteiger partial charge in [0.1, 0.15) is 12.2 Å². The maximum Gasteiger partial charge on any atom is 0.305 e. The van der Waals surface area contributed by atoms with Crippen LogP contribution in [0.1, 0.15) is 26.3 Å². The van der Waals surface area contributed by atoms with Gasteiger partial charge in [-0.3, -0.25) is 14.4 Å². The van der Waals surface area contributed by atoms with E-state index >= 15 is 0 Å². The maximum atomic E-state index is 11.6. The summed E-state index contributed by atoms with van der Waals surface area (Å²) in [7, 11) is 0. The van der Waals surface area contributed by atoms with Crippen molar-refractivity contribution in [1.29, 1.82) is 0 Å². The van der Waals surface area contributed by atoms with Crippen LogP contribution in [0.4, 0.5) is 0 Å². The van der Waals surface area contributed by atoms with Gasteiger partial charge >= 0.3 is 17.9 Å². The van der Waals surface area contributed by atoms with Gasteiger partial charge in [-0.2, -0.15) is 0 Å². The van der Waals surface area contributed by atoms with Crippen molar-refractivity contribution in [1.82, 2.24) is 0 Å². The molecule has 0 spiro atoms. The molecule has 1 aliphatic rings. The van der Waals surface area contributed by atoms with E-state index in [0.717, 1.165) is 5.56 Å². The average molecular weight is 392 g/mol. The molecule has 1 saturated heterocycles. The Labute approximate surface area is 163 Å². The van der Waals surface area contributed by atoms with Crippen molar-refractivity contribution in [3.63, 3.8) is 0 Å². The van der Waals surface area contributed by atoms with E-state index in [1.54, 1.807) is 0 Å². The van der Waals surface area contributed by atoms with E-state index in [2.05, 4.69) is 6.58 Å². The number of hydrogen-bond acceptors (Lipinski definition) is 8. The van der Waals surface area contributed by atoms with E-state index in [-0.39, 0.29) is 6.61 Å². The Balaban J connectivity index is 2.34. The zero-order chi connectivity index (χ0) is 20.7. The van der Waals surface area contributed by atoms with Gasteiger partial charge in [-0.25, -0.2) is 0 Å². The van der Waals surface area contributed by atoms with E-state index in [9.17, 15) is 14.4 Å². The topological polar surface area (TPSA) is 97.4 Å². The fraction of sp³-hybridized carbons (Fsp3) is 0.450. The minimum absolute atomic E-state index is 0.150. The standard InChI is InChI=1S/C20H24O8/c1-5-16-17(25-12(2)21)18(24-11-15-9-7-6-8-10-15)19(26-13(3)22)20(28-16)27-14(4)23/h5-10,16-20H,1,11H2,2-4H3/t16?,17-,18+,19?,20?/m0/s1. The third-order valence-corrected chi connectivity index (χ3v) is 3.93. The number of ether oxygens (including phenoxy) is 5. The lowest BCUT2D eigenvalue weighted by Crippen LogP contribution is -2.61. The minimum atomic E-state index is -1.24. The molecule has 1 fully saturated rings. The number of hydrogen-bond donors (Lipinski definition) is 0. The van der Waals surface area contributed by atoms with Crippen LogP contribution in [0.25, 0.3) is 0 Å². The van der Waals surface area contributed by atoms with Gasteiger partial charge in [0, 0.05) is 20.8 Å². The van der Waals surface area contributed by atoms with Gasteiger partial charge in [-0.15, -0.1) is 6.58 Å². The highest BCUT2D eigenvalue weighted by atomic mass is 16.7. The molecule has 8 heteroatoms. The van der Waals surface area contributed by atoms with Crippen LogP contribution < -0.4 is 0 Å². The van der Waals surface area contributed by atoms with Gasteiger partial charge in [0.05, 0.1) is 6.61 Å². The summed E-state index contributed by atoms with van der Waals surface area (Å²) in [6, 6.07) is 9.28. The Morgan fingerprint density at radius 3 is 2.04 bits per heavy atom. The van der Waals surface area contributed by atoms with Gasteiger partial charge in [-0.05, 0) is 5.56 Å². The molecule has 3 unspecified atom stereocenters. The van der Waals surface area contributed by atoms with Gasteiger partial charge in [0.2, 0.25) is 6.29 Å². The predicted octanol–water partition coefficient (Wildman–Crippen LogP) is 1.91. The highest BCUT2D eigenvalue weighted by Crippen LogP contribution is 2.30. The van der Waals surface area contributed by atoms with Crippen molar-refractivity contribution in [3.05, 3.63) is 48.6 Å². The van der Waals surface area contributed by atoms with E-state index in [4.69, 9.17) is 23.7 Å². The van der Waals surface area contributed by atoms with Crippen molar-refractivity contribution in [3.8, 4) is 0 Å². The van der Waals surface area contributed by atoms with Crippen LogP contribution in [0.5, 0.6) is 0 Å². The maximum absolute atomic E-state index is 11.6. The predicted molar refractivity (Wildman–Crippen MR) is 96.8 cm³/mol. The molecule has 0 saturated carbocycles. The molecule has 1 heterocycles. The van der Waals surface area contributed by atoms with Crippen molar-refractivity contribution in [2.75, 3.05) is 0 Å². The molecule has 2 rings (SSSR count). The van der Waals surface area contributed by atoms with E-state index in [1.165, 1.54) is 26.8 Å². The fourth-order valence-electron chi connectivity index (χ4n) is 2.88.